The maximum Gasteiger partial charge on any atom is 0.244 e. The zero-order chi connectivity index (χ0) is 16.8. The predicted molar refractivity (Wildman–Crippen MR) is 85.5 cm³/mol. The second-order valence-corrected chi connectivity index (χ2v) is 5.00. The van der Waals surface area contributed by atoms with Gasteiger partial charge in [-0.3, -0.25) is 9.78 Å². The first-order valence-corrected chi connectivity index (χ1v) is 7.03. The molecule has 120 valence electrons. The number of nitrogens with one attached hydrogen (secondary N) is 1. The van der Waals surface area contributed by atoms with Crippen LogP contribution in [0.2, 0.25) is 0 Å². The first kappa shape index (κ1) is 16.5. The van der Waals surface area contributed by atoms with Crippen molar-refractivity contribution in [1.82, 2.24) is 10.3 Å². The monoisotopic (exact) mass is 314 g/mol. The van der Waals surface area contributed by atoms with Crippen LogP contribution in [0.3, 0.4) is 0 Å². The molecule has 0 radical (unpaired) electrons. The lowest BCUT2D eigenvalue weighted by Crippen LogP contribution is -2.21. The number of hydrogen-bond donors (Lipinski definition) is 4. The molecule has 0 unspecified atom stereocenters. The molecule has 6 heteroatoms. The van der Waals surface area contributed by atoms with E-state index in [1.165, 1.54) is 24.4 Å². The number of amides is 1. The van der Waals surface area contributed by atoms with Crippen molar-refractivity contribution in [2.24, 2.45) is 0 Å². The van der Waals surface area contributed by atoms with Crippen molar-refractivity contribution < 1.29 is 20.1 Å². The summed E-state index contributed by atoms with van der Waals surface area (Å²) in [6.07, 6.45) is 4.44. The van der Waals surface area contributed by atoms with Gasteiger partial charge in [-0.15, -0.1) is 0 Å². The molecule has 6 nitrogen and oxygen atoms in total. The number of aliphatic hydroxyl groups excluding tert-OH is 1. The van der Waals surface area contributed by atoms with Crippen molar-refractivity contribution in [2.45, 2.75) is 20.1 Å². The fourth-order valence-electron chi connectivity index (χ4n) is 2.01. The summed E-state index contributed by atoms with van der Waals surface area (Å²) in [5.74, 6) is -0.207. The highest BCUT2D eigenvalue weighted by Gasteiger charge is 2.11. The lowest BCUT2D eigenvalue weighted by atomic mass is 10.1. The van der Waals surface area contributed by atoms with Gasteiger partial charge in [-0.05, 0) is 30.7 Å². The number of nitrogens with zero attached hydrogens (tertiary/aromatic N) is 1. The smallest absolute Gasteiger partial charge is 0.244 e. The van der Waals surface area contributed by atoms with Crippen LogP contribution >= 0.6 is 0 Å². The van der Waals surface area contributed by atoms with Gasteiger partial charge < -0.3 is 20.6 Å². The molecule has 0 aliphatic carbocycles. The van der Waals surface area contributed by atoms with Gasteiger partial charge in [0.05, 0.1) is 12.3 Å². The molecule has 4 N–H and O–H groups in total. The number of carbonyl (C=O) groups is 1. The average molecular weight is 314 g/mol. The highest BCUT2D eigenvalue weighted by molar-refractivity contribution is 5.91. The lowest BCUT2D eigenvalue weighted by Gasteiger charge is -2.11. The Labute approximate surface area is 133 Å². The number of aliphatic hydroxyl groups is 1. The third-order valence-corrected chi connectivity index (χ3v) is 3.36. The number of aryl methyl sites for hydroxylation is 1. The molecule has 2 rings (SSSR count). The van der Waals surface area contributed by atoms with E-state index in [2.05, 4.69) is 10.3 Å². The van der Waals surface area contributed by atoms with Crippen LogP contribution in [0.1, 0.15) is 22.4 Å². The maximum atomic E-state index is 11.8. The molecule has 0 spiro atoms. The summed E-state index contributed by atoms with van der Waals surface area (Å²) in [5, 5.41) is 31.1. The van der Waals surface area contributed by atoms with Gasteiger partial charge in [-0.25, -0.2) is 0 Å². The summed E-state index contributed by atoms with van der Waals surface area (Å²) in [4.78, 5) is 15.8. The normalized spacial score (nSPS) is 10.9. The second kappa shape index (κ2) is 7.42. The molecule has 0 atom stereocenters. The quantitative estimate of drug-likeness (QED) is 0.628. The first-order valence-electron chi connectivity index (χ1n) is 7.03. The highest BCUT2D eigenvalue weighted by Crippen LogP contribution is 2.23. The van der Waals surface area contributed by atoms with E-state index in [-0.39, 0.29) is 30.6 Å². The Morgan fingerprint density at radius 3 is 2.61 bits per heavy atom. The second-order valence-electron chi connectivity index (χ2n) is 5.00. The van der Waals surface area contributed by atoms with Crippen molar-refractivity contribution in [3.8, 4) is 11.5 Å². The Hall–Kier alpha value is -2.86. The van der Waals surface area contributed by atoms with Gasteiger partial charge in [0.15, 0.2) is 0 Å². The molecule has 23 heavy (non-hydrogen) atoms. The first-order chi connectivity index (χ1) is 11.0. The van der Waals surface area contributed by atoms with E-state index in [4.69, 9.17) is 0 Å². The van der Waals surface area contributed by atoms with E-state index in [1.54, 1.807) is 25.1 Å². The molecule has 0 bridgehead atoms. The molecule has 0 fully saturated rings. The minimum Gasteiger partial charge on any atom is -0.508 e. The molecule has 0 saturated heterocycles. The van der Waals surface area contributed by atoms with Crippen LogP contribution in [-0.4, -0.2) is 26.2 Å². The Morgan fingerprint density at radius 1 is 1.26 bits per heavy atom. The minimum absolute atomic E-state index is 0.0284. The summed E-state index contributed by atoms with van der Waals surface area (Å²) in [6.45, 7) is 1.46. The van der Waals surface area contributed by atoms with Crippen LogP contribution in [0.5, 0.6) is 11.5 Å². The summed E-state index contributed by atoms with van der Waals surface area (Å²) in [5.41, 5.74) is 2.13. The van der Waals surface area contributed by atoms with E-state index in [9.17, 15) is 20.1 Å². The number of aromatic hydroxyl groups is 2. The van der Waals surface area contributed by atoms with Gasteiger partial charge in [0.1, 0.15) is 11.5 Å². The Morgan fingerprint density at radius 2 is 1.96 bits per heavy atom. The van der Waals surface area contributed by atoms with Crippen molar-refractivity contribution in [2.75, 3.05) is 0 Å². The number of hydrogen-bond acceptors (Lipinski definition) is 5. The number of rotatable bonds is 5. The summed E-state index contributed by atoms with van der Waals surface area (Å²) in [7, 11) is 0. The van der Waals surface area contributed by atoms with E-state index >= 15 is 0 Å². The molecule has 1 aromatic heterocycles. The number of benzene rings is 1. The predicted octanol–water partition coefficient (Wildman–Crippen LogP) is 1.62. The van der Waals surface area contributed by atoms with Crippen molar-refractivity contribution in [1.29, 1.82) is 0 Å². The molecule has 2 aromatic rings. The maximum absolute atomic E-state index is 11.8. The molecule has 0 saturated carbocycles. The van der Waals surface area contributed by atoms with Crippen LogP contribution in [0.4, 0.5) is 0 Å². The molecule has 1 aromatic carbocycles. The topological polar surface area (TPSA) is 103 Å². The van der Waals surface area contributed by atoms with Crippen LogP contribution in [0, 0.1) is 6.92 Å². The standard InChI is InChI=1S/C17H18N2O4/c1-11-17(23)15(13(10-20)8-18-11)9-19-16(22)7-4-12-2-5-14(21)6-3-12/h2-8,20-21,23H,9-10H2,1H3,(H,19,22)/b7-4+. The minimum atomic E-state index is -0.337. The van der Waals surface area contributed by atoms with Gasteiger partial charge >= 0.3 is 0 Å². The van der Waals surface area contributed by atoms with E-state index < -0.39 is 0 Å². The Kier molecular flexibility index (Phi) is 5.32. The Bertz CT molecular complexity index is 724. The average Bonchev–Trinajstić information content (AvgIpc) is 2.55. The van der Waals surface area contributed by atoms with Crippen LogP contribution < -0.4 is 5.32 Å². The summed E-state index contributed by atoms with van der Waals surface area (Å²) >= 11 is 0. The van der Waals surface area contributed by atoms with Gasteiger partial charge in [0.2, 0.25) is 5.91 Å². The van der Waals surface area contributed by atoms with Gasteiger partial charge in [-0.2, -0.15) is 0 Å². The van der Waals surface area contributed by atoms with Crippen LogP contribution in [0.15, 0.2) is 36.5 Å². The lowest BCUT2D eigenvalue weighted by molar-refractivity contribution is -0.116. The van der Waals surface area contributed by atoms with Crippen LogP contribution in [-0.2, 0) is 17.9 Å². The van der Waals surface area contributed by atoms with E-state index in [0.717, 1.165) is 5.56 Å². The van der Waals surface area contributed by atoms with Crippen molar-refractivity contribution in [3.63, 3.8) is 0 Å². The zero-order valence-electron chi connectivity index (χ0n) is 12.7. The third-order valence-electron chi connectivity index (χ3n) is 3.36. The molecule has 1 amide bonds. The third kappa shape index (κ3) is 4.31. The number of phenols is 1. The van der Waals surface area contributed by atoms with Gasteiger partial charge in [-0.1, -0.05) is 12.1 Å². The zero-order valence-corrected chi connectivity index (χ0v) is 12.7. The number of pyridine rings is 1. The molecular weight excluding hydrogens is 296 g/mol. The van der Waals surface area contributed by atoms with Crippen molar-refractivity contribution in [3.05, 3.63) is 58.9 Å². The number of phenolic OH excluding ortho intramolecular Hbond substituents is 1. The number of carbonyl (C=O) groups excluding carboxylic acids is 1. The van der Waals surface area contributed by atoms with Gasteiger partial charge in [0.25, 0.3) is 0 Å². The molecule has 1 heterocycles. The Balaban J connectivity index is 2.02. The summed E-state index contributed by atoms with van der Waals surface area (Å²) in [6, 6.07) is 6.42. The van der Waals surface area contributed by atoms with Gasteiger partial charge in [0, 0.05) is 29.9 Å². The van der Waals surface area contributed by atoms with E-state index in [1.807, 2.05) is 0 Å². The number of aromatic nitrogens is 1. The molecule has 0 aliphatic rings. The largest absolute Gasteiger partial charge is 0.508 e. The van der Waals surface area contributed by atoms with Crippen LogP contribution in [0.25, 0.3) is 6.08 Å². The SMILES string of the molecule is Cc1ncc(CO)c(CNC(=O)/C=C/c2ccc(O)cc2)c1O. The van der Waals surface area contributed by atoms with Crippen molar-refractivity contribution >= 4 is 12.0 Å². The van der Waals surface area contributed by atoms with E-state index in [0.29, 0.717) is 16.8 Å². The molecular formula is C17H18N2O4. The highest BCUT2D eigenvalue weighted by atomic mass is 16.3. The summed E-state index contributed by atoms with van der Waals surface area (Å²) < 4.78 is 0. The fraction of sp³-hybridized carbons (Fsp3) is 0.176. The fourth-order valence-corrected chi connectivity index (χ4v) is 2.01. The molecule has 0 aliphatic heterocycles.